The van der Waals surface area contributed by atoms with E-state index in [-0.39, 0.29) is 0 Å². The summed E-state index contributed by atoms with van der Waals surface area (Å²) in [5.74, 6) is 0.779. The van der Waals surface area contributed by atoms with Gasteiger partial charge in [-0.05, 0) is 26.2 Å². The topological polar surface area (TPSA) is 0 Å². The second-order valence-electron chi connectivity index (χ2n) is 2.96. The highest BCUT2D eigenvalue weighted by molar-refractivity contribution is 5.17. The third-order valence-electron chi connectivity index (χ3n) is 1.44. The molecule has 1 aliphatic rings. The molecule has 0 spiro atoms. The van der Waals surface area contributed by atoms with E-state index in [1.807, 2.05) is 0 Å². The molecule has 1 aliphatic carbocycles. The first-order valence-electron chi connectivity index (χ1n) is 3.77. The van der Waals surface area contributed by atoms with E-state index in [9.17, 15) is 0 Å². The normalized spacial score (nSPS) is 16.2. The van der Waals surface area contributed by atoms with Crippen molar-refractivity contribution in [3.8, 4) is 0 Å². The summed E-state index contributed by atoms with van der Waals surface area (Å²) in [7, 11) is 0. The van der Waals surface area contributed by atoms with Crippen LogP contribution < -0.4 is 0 Å². The maximum Gasteiger partial charge on any atom is -0.00184 e. The summed E-state index contributed by atoms with van der Waals surface area (Å²) in [5.41, 5.74) is 1.36. The summed E-state index contributed by atoms with van der Waals surface area (Å²) >= 11 is 0. The van der Waals surface area contributed by atoms with Crippen LogP contribution in [0, 0.1) is 5.92 Å². The molecular formula is C10H14. The van der Waals surface area contributed by atoms with Crippen molar-refractivity contribution in [3.63, 3.8) is 0 Å². The van der Waals surface area contributed by atoms with Crippen LogP contribution in [0.1, 0.15) is 20.3 Å². The molecule has 0 heteroatoms. The minimum atomic E-state index is 0.779. The van der Waals surface area contributed by atoms with E-state index in [2.05, 4.69) is 44.2 Å². The van der Waals surface area contributed by atoms with Gasteiger partial charge in [-0.1, -0.05) is 36.0 Å². The SMILES string of the molecule is CC(C)=CC=CCC1C=C1. The molecule has 0 atom stereocenters. The Morgan fingerprint density at radius 1 is 1.40 bits per heavy atom. The second-order valence-corrected chi connectivity index (χ2v) is 2.96. The molecule has 0 saturated heterocycles. The van der Waals surface area contributed by atoms with Crippen LogP contribution in [0.15, 0.2) is 36.0 Å². The van der Waals surface area contributed by atoms with Crippen LogP contribution >= 0.6 is 0 Å². The lowest BCUT2D eigenvalue weighted by Gasteiger charge is -1.85. The third-order valence-corrected chi connectivity index (χ3v) is 1.44. The minimum Gasteiger partial charge on any atom is -0.0836 e. The molecule has 0 aromatic carbocycles. The second kappa shape index (κ2) is 3.40. The van der Waals surface area contributed by atoms with Crippen LogP contribution in [0.5, 0.6) is 0 Å². The summed E-state index contributed by atoms with van der Waals surface area (Å²) in [5, 5.41) is 0. The Labute approximate surface area is 62.9 Å². The quantitative estimate of drug-likeness (QED) is 0.411. The lowest BCUT2D eigenvalue weighted by molar-refractivity contribution is 0.942. The molecular weight excluding hydrogens is 120 g/mol. The molecule has 0 aliphatic heterocycles. The molecule has 0 N–H and O–H groups in total. The third kappa shape index (κ3) is 3.29. The van der Waals surface area contributed by atoms with E-state index >= 15 is 0 Å². The molecule has 0 amide bonds. The lowest BCUT2D eigenvalue weighted by Crippen LogP contribution is -1.69. The van der Waals surface area contributed by atoms with E-state index in [1.165, 1.54) is 12.0 Å². The van der Waals surface area contributed by atoms with Crippen molar-refractivity contribution in [2.24, 2.45) is 5.92 Å². The predicted molar refractivity (Wildman–Crippen MR) is 45.8 cm³/mol. The maximum atomic E-state index is 2.23. The summed E-state index contributed by atoms with van der Waals surface area (Å²) in [6.07, 6.45) is 12.1. The zero-order chi connectivity index (χ0) is 7.40. The van der Waals surface area contributed by atoms with Crippen molar-refractivity contribution in [3.05, 3.63) is 36.0 Å². The molecule has 0 unspecified atom stereocenters. The maximum absolute atomic E-state index is 2.23. The molecule has 0 aromatic rings. The summed E-state index contributed by atoms with van der Waals surface area (Å²) in [6.45, 7) is 4.22. The molecule has 0 fully saturated rings. The number of hydrogen-bond donors (Lipinski definition) is 0. The van der Waals surface area contributed by atoms with Crippen molar-refractivity contribution in [2.45, 2.75) is 20.3 Å². The highest BCUT2D eigenvalue weighted by atomic mass is 14.1. The highest BCUT2D eigenvalue weighted by Crippen LogP contribution is 2.19. The minimum absolute atomic E-state index is 0.779. The number of rotatable bonds is 3. The Bertz CT molecular complexity index is 172. The van der Waals surface area contributed by atoms with Gasteiger partial charge in [-0.2, -0.15) is 0 Å². The van der Waals surface area contributed by atoms with Gasteiger partial charge in [0.1, 0.15) is 0 Å². The van der Waals surface area contributed by atoms with Crippen molar-refractivity contribution in [1.82, 2.24) is 0 Å². The molecule has 0 nitrogen and oxygen atoms in total. The Morgan fingerprint density at radius 3 is 2.60 bits per heavy atom. The Balaban J connectivity index is 2.10. The molecule has 10 heavy (non-hydrogen) atoms. The van der Waals surface area contributed by atoms with Gasteiger partial charge in [0.05, 0.1) is 0 Å². The fourth-order valence-corrected chi connectivity index (χ4v) is 0.732. The van der Waals surface area contributed by atoms with Crippen molar-refractivity contribution in [2.75, 3.05) is 0 Å². The first kappa shape index (κ1) is 7.33. The zero-order valence-corrected chi connectivity index (χ0v) is 6.67. The van der Waals surface area contributed by atoms with Gasteiger partial charge in [-0.25, -0.2) is 0 Å². The average Bonchev–Trinajstić information content (AvgIpc) is 2.62. The van der Waals surface area contributed by atoms with Crippen molar-refractivity contribution >= 4 is 0 Å². The van der Waals surface area contributed by atoms with Crippen LogP contribution in [-0.4, -0.2) is 0 Å². The van der Waals surface area contributed by atoms with Gasteiger partial charge in [-0.15, -0.1) is 0 Å². The van der Waals surface area contributed by atoms with Gasteiger partial charge in [-0.3, -0.25) is 0 Å². The first-order chi connectivity index (χ1) is 4.79. The van der Waals surface area contributed by atoms with Crippen molar-refractivity contribution in [1.29, 1.82) is 0 Å². The average molecular weight is 134 g/mol. The standard InChI is InChI=1S/C10H14/c1-9(2)5-3-4-6-10-7-8-10/h3-5,7-8,10H,6H2,1-2H3. The number of hydrogen-bond acceptors (Lipinski definition) is 0. The molecule has 0 heterocycles. The number of allylic oxidation sites excluding steroid dienone is 6. The molecule has 54 valence electrons. The van der Waals surface area contributed by atoms with E-state index in [0.717, 1.165) is 5.92 Å². The van der Waals surface area contributed by atoms with Crippen LogP contribution in [0.2, 0.25) is 0 Å². The largest absolute Gasteiger partial charge is 0.0836 e. The fraction of sp³-hybridized carbons (Fsp3) is 0.400. The Morgan fingerprint density at radius 2 is 2.10 bits per heavy atom. The molecule has 0 aromatic heterocycles. The van der Waals surface area contributed by atoms with Crippen molar-refractivity contribution < 1.29 is 0 Å². The summed E-state index contributed by atoms with van der Waals surface area (Å²) in [6, 6.07) is 0. The monoisotopic (exact) mass is 134 g/mol. The van der Waals surface area contributed by atoms with E-state index < -0.39 is 0 Å². The molecule has 0 bridgehead atoms. The van der Waals surface area contributed by atoms with Gasteiger partial charge in [0.2, 0.25) is 0 Å². The van der Waals surface area contributed by atoms with Gasteiger partial charge < -0.3 is 0 Å². The molecule has 0 radical (unpaired) electrons. The van der Waals surface area contributed by atoms with Gasteiger partial charge in [0.25, 0.3) is 0 Å². The smallest absolute Gasteiger partial charge is 0.00184 e. The van der Waals surface area contributed by atoms with Gasteiger partial charge in [0, 0.05) is 0 Å². The van der Waals surface area contributed by atoms with E-state index in [0.29, 0.717) is 0 Å². The van der Waals surface area contributed by atoms with Crippen LogP contribution in [0.3, 0.4) is 0 Å². The highest BCUT2D eigenvalue weighted by Gasteiger charge is 2.06. The van der Waals surface area contributed by atoms with Crippen LogP contribution in [-0.2, 0) is 0 Å². The van der Waals surface area contributed by atoms with E-state index in [1.54, 1.807) is 0 Å². The Hall–Kier alpha value is -0.780. The Kier molecular flexibility index (Phi) is 2.49. The summed E-state index contributed by atoms with van der Waals surface area (Å²) < 4.78 is 0. The predicted octanol–water partition coefficient (Wildman–Crippen LogP) is 3.08. The first-order valence-corrected chi connectivity index (χ1v) is 3.77. The molecule has 1 rings (SSSR count). The van der Waals surface area contributed by atoms with Gasteiger partial charge >= 0.3 is 0 Å². The van der Waals surface area contributed by atoms with Gasteiger partial charge in [0.15, 0.2) is 0 Å². The van der Waals surface area contributed by atoms with Crippen LogP contribution in [0.4, 0.5) is 0 Å². The zero-order valence-electron chi connectivity index (χ0n) is 6.67. The molecule has 0 saturated carbocycles. The van der Waals surface area contributed by atoms with Crippen LogP contribution in [0.25, 0.3) is 0 Å². The van der Waals surface area contributed by atoms with E-state index in [4.69, 9.17) is 0 Å². The summed E-state index contributed by atoms with van der Waals surface area (Å²) in [4.78, 5) is 0. The fourth-order valence-electron chi connectivity index (χ4n) is 0.732. The lowest BCUT2D eigenvalue weighted by atomic mass is 10.2.